The van der Waals surface area contributed by atoms with Gasteiger partial charge in [0.1, 0.15) is 0 Å². The number of hydrogen-bond donors (Lipinski definition) is 1. The number of nitrogens with zero attached hydrogens (tertiary/aromatic N) is 1. The average Bonchev–Trinajstić information content (AvgIpc) is 2.89. The van der Waals surface area contributed by atoms with Gasteiger partial charge in [0.05, 0.1) is 6.04 Å². The van der Waals surface area contributed by atoms with Crippen molar-refractivity contribution in [3.05, 3.63) is 70.8 Å². The van der Waals surface area contributed by atoms with Crippen LogP contribution >= 0.6 is 0 Å². The van der Waals surface area contributed by atoms with E-state index in [2.05, 4.69) is 6.07 Å². The van der Waals surface area contributed by atoms with E-state index in [1.54, 1.807) is 0 Å². The molecule has 4 nitrogen and oxygen atoms in total. The van der Waals surface area contributed by atoms with E-state index in [0.29, 0.717) is 6.54 Å². The standard InChI is InChI=1S/C17H20N2O2S/c1-13-6-8-14(9-7-13)12-19(22(18,20)21)17-11-10-15-4-2-3-5-16(15)17/h2-9,17H,10-12H2,1H3,(H2,18,20,21)/t17-/m1/s1. The van der Waals surface area contributed by atoms with Crippen LogP contribution in [0.15, 0.2) is 48.5 Å². The predicted molar refractivity (Wildman–Crippen MR) is 87.3 cm³/mol. The summed E-state index contributed by atoms with van der Waals surface area (Å²) in [6.45, 7) is 2.31. The first-order valence-electron chi connectivity index (χ1n) is 7.38. The number of benzene rings is 2. The van der Waals surface area contributed by atoms with Crippen molar-refractivity contribution in [2.75, 3.05) is 0 Å². The van der Waals surface area contributed by atoms with Gasteiger partial charge in [0.2, 0.25) is 0 Å². The van der Waals surface area contributed by atoms with Crippen LogP contribution in [0.1, 0.15) is 34.7 Å². The van der Waals surface area contributed by atoms with Gasteiger partial charge in [-0.05, 0) is 36.5 Å². The molecule has 1 aliphatic carbocycles. The SMILES string of the molecule is Cc1ccc(CN([C@@H]2CCc3ccccc32)S(N)(=O)=O)cc1. The molecule has 0 spiro atoms. The molecule has 5 heteroatoms. The van der Waals surface area contributed by atoms with Gasteiger partial charge in [-0.2, -0.15) is 12.7 Å². The zero-order valence-electron chi connectivity index (χ0n) is 12.6. The molecule has 0 radical (unpaired) electrons. The van der Waals surface area contributed by atoms with Crippen molar-refractivity contribution >= 4 is 10.2 Å². The summed E-state index contributed by atoms with van der Waals surface area (Å²) in [7, 11) is -3.77. The fourth-order valence-corrected chi connectivity index (χ4v) is 3.99. The molecule has 0 saturated carbocycles. The second kappa shape index (κ2) is 5.83. The topological polar surface area (TPSA) is 63.4 Å². The molecule has 2 aromatic rings. The van der Waals surface area contributed by atoms with E-state index >= 15 is 0 Å². The van der Waals surface area contributed by atoms with Crippen LogP contribution in [0, 0.1) is 6.92 Å². The summed E-state index contributed by atoms with van der Waals surface area (Å²) in [5, 5.41) is 5.49. The van der Waals surface area contributed by atoms with E-state index in [4.69, 9.17) is 5.14 Å². The summed E-state index contributed by atoms with van der Waals surface area (Å²) in [5.74, 6) is 0. The van der Waals surface area contributed by atoms with Gasteiger partial charge in [0.15, 0.2) is 0 Å². The Morgan fingerprint density at radius 3 is 2.50 bits per heavy atom. The zero-order chi connectivity index (χ0) is 15.7. The first-order valence-corrected chi connectivity index (χ1v) is 8.88. The highest BCUT2D eigenvalue weighted by atomic mass is 32.2. The first kappa shape index (κ1) is 15.2. The molecule has 0 heterocycles. The van der Waals surface area contributed by atoms with Crippen LogP contribution in [-0.4, -0.2) is 12.7 Å². The molecule has 1 atom stereocenters. The van der Waals surface area contributed by atoms with Crippen molar-refractivity contribution in [2.24, 2.45) is 5.14 Å². The monoisotopic (exact) mass is 316 g/mol. The third-order valence-electron chi connectivity index (χ3n) is 4.23. The van der Waals surface area contributed by atoms with E-state index in [0.717, 1.165) is 29.5 Å². The van der Waals surface area contributed by atoms with Crippen molar-refractivity contribution in [3.8, 4) is 0 Å². The van der Waals surface area contributed by atoms with Crippen molar-refractivity contribution in [2.45, 2.75) is 32.4 Å². The van der Waals surface area contributed by atoms with E-state index in [-0.39, 0.29) is 6.04 Å². The van der Waals surface area contributed by atoms with Gasteiger partial charge >= 0.3 is 0 Å². The maximum atomic E-state index is 12.1. The Morgan fingerprint density at radius 1 is 1.14 bits per heavy atom. The van der Waals surface area contributed by atoms with Crippen LogP contribution in [0.5, 0.6) is 0 Å². The normalized spacial score (nSPS) is 17.7. The van der Waals surface area contributed by atoms with Crippen LogP contribution in [0.4, 0.5) is 0 Å². The van der Waals surface area contributed by atoms with Crippen molar-refractivity contribution in [1.82, 2.24) is 4.31 Å². The average molecular weight is 316 g/mol. The molecular formula is C17H20N2O2S. The molecule has 116 valence electrons. The molecule has 0 saturated heterocycles. The number of aryl methyl sites for hydroxylation is 2. The van der Waals surface area contributed by atoms with Gasteiger partial charge in [-0.25, -0.2) is 5.14 Å². The maximum absolute atomic E-state index is 12.1. The Labute approximate surface area is 131 Å². The predicted octanol–water partition coefficient (Wildman–Crippen LogP) is 2.69. The largest absolute Gasteiger partial charge is 0.277 e. The smallest absolute Gasteiger partial charge is 0.216 e. The molecule has 0 amide bonds. The lowest BCUT2D eigenvalue weighted by Crippen LogP contribution is -2.38. The molecule has 2 N–H and O–H groups in total. The Kier molecular flexibility index (Phi) is 4.04. The molecule has 2 aromatic carbocycles. The van der Waals surface area contributed by atoms with E-state index in [9.17, 15) is 8.42 Å². The minimum absolute atomic E-state index is 0.174. The number of hydrogen-bond acceptors (Lipinski definition) is 2. The molecule has 22 heavy (non-hydrogen) atoms. The van der Waals surface area contributed by atoms with Gasteiger partial charge in [-0.1, -0.05) is 54.1 Å². The fourth-order valence-electron chi connectivity index (χ4n) is 3.08. The lowest BCUT2D eigenvalue weighted by atomic mass is 10.1. The highest BCUT2D eigenvalue weighted by Gasteiger charge is 2.33. The van der Waals surface area contributed by atoms with Gasteiger partial charge < -0.3 is 0 Å². The second-order valence-corrected chi connectivity index (χ2v) is 7.33. The number of rotatable bonds is 4. The highest BCUT2D eigenvalue weighted by Crippen LogP contribution is 2.37. The fraction of sp³-hybridized carbons (Fsp3) is 0.294. The summed E-state index contributed by atoms with van der Waals surface area (Å²) in [5.41, 5.74) is 4.38. The molecule has 0 bridgehead atoms. The van der Waals surface area contributed by atoms with Crippen molar-refractivity contribution < 1.29 is 8.42 Å². The first-order chi connectivity index (χ1) is 10.4. The number of nitrogens with two attached hydrogens (primary N) is 1. The summed E-state index contributed by atoms with van der Waals surface area (Å²) >= 11 is 0. The Bertz CT molecular complexity index is 770. The maximum Gasteiger partial charge on any atom is 0.277 e. The molecule has 0 unspecified atom stereocenters. The van der Waals surface area contributed by atoms with Crippen LogP contribution in [0.3, 0.4) is 0 Å². The molecule has 0 aromatic heterocycles. The molecule has 3 rings (SSSR count). The molecule has 0 fully saturated rings. The van der Waals surface area contributed by atoms with Gasteiger partial charge in [-0.3, -0.25) is 0 Å². The minimum atomic E-state index is -3.77. The third kappa shape index (κ3) is 3.06. The Hall–Kier alpha value is -1.69. The summed E-state index contributed by atoms with van der Waals surface area (Å²) in [4.78, 5) is 0. The van der Waals surface area contributed by atoms with Crippen LogP contribution in [0.2, 0.25) is 0 Å². The Morgan fingerprint density at radius 2 is 1.82 bits per heavy atom. The van der Waals surface area contributed by atoms with E-state index in [1.807, 2.05) is 49.4 Å². The van der Waals surface area contributed by atoms with E-state index < -0.39 is 10.2 Å². The van der Waals surface area contributed by atoms with Gasteiger partial charge in [0, 0.05) is 6.54 Å². The van der Waals surface area contributed by atoms with Crippen molar-refractivity contribution in [1.29, 1.82) is 0 Å². The van der Waals surface area contributed by atoms with Crippen LogP contribution in [0.25, 0.3) is 0 Å². The summed E-state index contributed by atoms with van der Waals surface area (Å²) < 4.78 is 25.6. The number of fused-ring (bicyclic) bond motifs is 1. The van der Waals surface area contributed by atoms with Gasteiger partial charge in [-0.15, -0.1) is 0 Å². The zero-order valence-corrected chi connectivity index (χ0v) is 13.4. The van der Waals surface area contributed by atoms with Crippen LogP contribution < -0.4 is 5.14 Å². The van der Waals surface area contributed by atoms with Gasteiger partial charge in [0.25, 0.3) is 10.2 Å². The van der Waals surface area contributed by atoms with E-state index in [1.165, 1.54) is 9.87 Å². The highest BCUT2D eigenvalue weighted by molar-refractivity contribution is 7.86. The Balaban J connectivity index is 1.93. The summed E-state index contributed by atoms with van der Waals surface area (Å²) in [6.07, 6.45) is 1.67. The summed E-state index contributed by atoms with van der Waals surface area (Å²) in [6, 6.07) is 15.7. The second-order valence-electron chi connectivity index (χ2n) is 5.83. The molecule has 1 aliphatic rings. The quantitative estimate of drug-likeness (QED) is 0.942. The lowest BCUT2D eigenvalue weighted by Gasteiger charge is -2.27. The lowest BCUT2D eigenvalue weighted by molar-refractivity contribution is 0.316. The van der Waals surface area contributed by atoms with Crippen LogP contribution in [-0.2, 0) is 23.2 Å². The third-order valence-corrected chi connectivity index (χ3v) is 5.27. The van der Waals surface area contributed by atoms with Crippen molar-refractivity contribution in [3.63, 3.8) is 0 Å². The minimum Gasteiger partial charge on any atom is -0.216 e. The molecular weight excluding hydrogens is 296 g/mol. The molecule has 0 aliphatic heterocycles.